The molecule has 0 aromatic carbocycles. The van der Waals surface area contributed by atoms with Crippen LogP contribution in [0.25, 0.3) is 0 Å². The average Bonchev–Trinajstić information content (AvgIpc) is 2.26. The van der Waals surface area contributed by atoms with E-state index in [0.29, 0.717) is 0 Å². The number of hydrogen-bond donors (Lipinski definition) is 0. The lowest BCUT2D eigenvalue weighted by Gasteiger charge is -1.94. The van der Waals surface area contributed by atoms with Crippen molar-refractivity contribution in [2.24, 2.45) is 0 Å². The topological polar surface area (TPSA) is 52.1 Å². The van der Waals surface area contributed by atoms with Crippen LogP contribution in [0.1, 0.15) is 16.1 Å². The van der Waals surface area contributed by atoms with Gasteiger partial charge in [0, 0.05) is 18.6 Å². The minimum Gasteiger partial charge on any atom is -0.464 e. The SMILES string of the molecule is COC(=O)c1ccncccc(C)cn1. The molecule has 4 heteroatoms. The summed E-state index contributed by atoms with van der Waals surface area (Å²) in [5.41, 5.74) is 1.16. The number of aromatic nitrogens is 2. The Kier molecular flexibility index (Phi) is 4.22. The van der Waals surface area contributed by atoms with Crippen molar-refractivity contribution in [3.8, 4) is 0 Å². The van der Waals surface area contributed by atoms with Crippen LogP contribution in [0, 0.1) is 6.92 Å². The van der Waals surface area contributed by atoms with Gasteiger partial charge in [0.25, 0.3) is 0 Å². The third-order valence-corrected chi connectivity index (χ3v) is 1.65. The predicted octanol–water partition coefficient (Wildman–Crippen LogP) is 1.70. The monoisotopic (exact) mass is 204 g/mol. The second-order valence-electron chi connectivity index (χ2n) is 2.85. The second kappa shape index (κ2) is 5.70. The highest BCUT2D eigenvalue weighted by Gasteiger charge is 2.02. The molecule has 78 valence electrons. The van der Waals surface area contributed by atoms with E-state index in [1.54, 1.807) is 18.5 Å². The number of esters is 1. The number of ether oxygens (including phenoxy) is 1. The van der Waals surface area contributed by atoms with Crippen LogP contribution < -0.4 is 0 Å². The lowest BCUT2D eigenvalue weighted by molar-refractivity contribution is 0.0594. The van der Waals surface area contributed by atoms with Crippen molar-refractivity contribution in [3.05, 3.63) is 48.0 Å². The molecule has 0 atom stereocenters. The fraction of sp³-hybridized carbons (Fsp3) is 0.182. The van der Waals surface area contributed by atoms with E-state index >= 15 is 0 Å². The first kappa shape index (κ1) is 11.1. The van der Waals surface area contributed by atoms with Gasteiger partial charge in [0.15, 0.2) is 0 Å². The summed E-state index contributed by atoms with van der Waals surface area (Å²) in [6.45, 7) is 1.88. The maximum Gasteiger partial charge on any atom is 0.356 e. The van der Waals surface area contributed by atoms with Crippen LogP contribution in [0.5, 0.6) is 0 Å². The van der Waals surface area contributed by atoms with E-state index in [0.717, 1.165) is 5.56 Å². The molecule has 0 aliphatic rings. The number of carbonyl (C=O) groups is 1. The van der Waals surface area contributed by atoms with Crippen molar-refractivity contribution in [3.63, 3.8) is 0 Å². The molecule has 1 aromatic heterocycles. The standard InChI is InChI=1S/C11H12N2O2/c1-9-4-3-6-12-7-5-10(13-8-9)11(14)15-2/h3-8H,1-2H3. The summed E-state index contributed by atoms with van der Waals surface area (Å²) < 4.78 is 4.57. The Bertz CT molecular complexity index is 404. The highest BCUT2D eigenvalue weighted by Crippen LogP contribution is 1.94. The van der Waals surface area contributed by atoms with E-state index in [4.69, 9.17) is 0 Å². The number of rotatable bonds is 1. The number of carbonyl (C=O) groups excluding carboxylic acids is 1. The van der Waals surface area contributed by atoms with Gasteiger partial charge in [-0.15, -0.1) is 0 Å². The molecule has 15 heavy (non-hydrogen) atoms. The fourth-order valence-electron chi connectivity index (χ4n) is 0.891. The molecule has 0 unspecified atom stereocenters. The van der Waals surface area contributed by atoms with Gasteiger partial charge in [-0.2, -0.15) is 0 Å². The van der Waals surface area contributed by atoms with Crippen molar-refractivity contribution in [2.45, 2.75) is 6.92 Å². The van der Waals surface area contributed by atoms with Gasteiger partial charge < -0.3 is 4.74 Å². The number of methoxy groups -OCH3 is 1. The molecule has 1 heterocycles. The average molecular weight is 204 g/mol. The van der Waals surface area contributed by atoms with Crippen molar-refractivity contribution < 1.29 is 9.53 Å². The molecule has 1 rings (SSSR count). The fourth-order valence-corrected chi connectivity index (χ4v) is 0.891. The molecule has 4 nitrogen and oxygen atoms in total. The second-order valence-corrected chi connectivity index (χ2v) is 2.85. The van der Waals surface area contributed by atoms with E-state index < -0.39 is 5.97 Å². The van der Waals surface area contributed by atoms with E-state index in [1.807, 2.05) is 13.0 Å². The molecule has 0 fully saturated rings. The highest BCUT2D eigenvalue weighted by molar-refractivity contribution is 5.86. The number of hydrogen-bond acceptors (Lipinski definition) is 4. The Hall–Kier alpha value is -1.97. The van der Waals surface area contributed by atoms with E-state index in [-0.39, 0.29) is 5.69 Å². The molecule has 0 amide bonds. The zero-order valence-corrected chi connectivity index (χ0v) is 8.68. The van der Waals surface area contributed by atoms with Crippen LogP contribution in [0.4, 0.5) is 0 Å². The first-order valence-corrected chi connectivity index (χ1v) is 4.43. The van der Waals surface area contributed by atoms with E-state index in [2.05, 4.69) is 14.7 Å². The van der Waals surface area contributed by atoms with Crippen LogP contribution >= 0.6 is 0 Å². The van der Waals surface area contributed by atoms with Gasteiger partial charge in [-0.25, -0.2) is 9.78 Å². The molecule has 0 N–H and O–H groups in total. The van der Waals surface area contributed by atoms with Crippen molar-refractivity contribution in [1.29, 1.82) is 0 Å². The molecular weight excluding hydrogens is 192 g/mol. The van der Waals surface area contributed by atoms with Crippen molar-refractivity contribution >= 4 is 5.97 Å². The third kappa shape index (κ3) is 3.72. The van der Waals surface area contributed by atoms with Gasteiger partial charge in [0.2, 0.25) is 0 Å². The molecule has 0 radical (unpaired) electrons. The van der Waals surface area contributed by atoms with Gasteiger partial charge in [-0.1, -0.05) is 6.07 Å². The smallest absolute Gasteiger partial charge is 0.356 e. The summed E-state index contributed by atoms with van der Waals surface area (Å²) >= 11 is 0. The first-order valence-electron chi connectivity index (χ1n) is 4.43. The van der Waals surface area contributed by atoms with Crippen LogP contribution in [-0.4, -0.2) is 23.0 Å². The first-order chi connectivity index (χ1) is 7.24. The summed E-state index contributed by atoms with van der Waals surface area (Å²) in [4.78, 5) is 19.2. The van der Waals surface area contributed by atoms with Crippen LogP contribution in [0.3, 0.4) is 0 Å². The number of nitrogens with zero attached hydrogens (tertiary/aromatic N) is 2. The molecule has 0 spiro atoms. The Morgan fingerprint density at radius 1 is 1.33 bits per heavy atom. The van der Waals surface area contributed by atoms with Gasteiger partial charge in [-0.3, -0.25) is 4.98 Å². The van der Waals surface area contributed by atoms with Crippen LogP contribution in [0.15, 0.2) is 36.8 Å². The van der Waals surface area contributed by atoms with Gasteiger partial charge in [-0.05, 0) is 24.6 Å². The Labute approximate surface area is 88.3 Å². The van der Waals surface area contributed by atoms with Crippen LogP contribution in [0.2, 0.25) is 0 Å². The zero-order chi connectivity index (χ0) is 11.1. The van der Waals surface area contributed by atoms with E-state index in [1.165, 1.54) is 19.4 Å². The Morgan fingerprint density at radius 2 is 2.13 bits per heavy atom. The minimum absolute atomic E-state index is 0.226. The largest absolute Gasteiger partial charge is 0.464 e. The van der Waals surface area contributed by atoms with Gasteiger partial charge in [0.1, 0.15) is 5.69 Å². The zero-order valence-electron chi connectivity index (χ0n) is 8.68. The molecule has 1 aromatic rings. The Morgan fingerprint density at radius 3 is 2.87 bits per heavy atom. The molecule has 0 bridgehead atoms. The third-order valence-electron chi connectivity index (χ3n) is 1.65. The highest BCUT2D eigenvalue weighted by atomic mass is 16.5. The minimum atomic E-state index is -0.477. The van der Waals surface area contributed by atoms with Crippen LogP contribution in [-0.2, 0) is 4.74 Å². The Balaban J connectivity index is 3.24. The van der Waals surface area contributed by atoms with E-state index in [9.17, 15) is 4.79 Å². The summed E-state index contributed by atoms with van der Waals surface area (Å²) in [6.07, 6.45) is 4.73. The molecule has 0 saturated carbocycles. The summed E-state index contributed by atoms with van der Waals surface area (Å²) in [5.74, 6) is -0.477. The molecule has 0 aliphatic heterocycles. The number of aryl methyl sites for hydroxylation is 1. The quantitative estimate of drug-likeness (QED) is 0.653. The molecular formula is C11H12N2O2. The van der Waals surface area contributed by atoms with Crippen molar-refractivity contribution in [1.82, 2.24) is 9.97 Å². The normalized spacial score (nSPS) is 8.93. The maximum absolute atomic E-state index is 11.2. The van der Waals surface area contributed by atoms with Gasteiger partial charge >= 0.3 is 5.97 Å². The maximum atomic E-state index is 11.2. The van der Waals surface area contributed by atoms with Crippen molar-refractivity contribution in [2.75, 3.05) is 7.11 Å². The van der Waals surface area contributed by atoms with Gasteiger partial charge in [0.05, 0.1) is 7.11 Å². The summed E-state index contributed by atoms with van der Waals surface area (Å²) in [6, 6.07) is 5.15. The summed E-state index contributed by atoms with van der Waals surface area (Å²) in [5, 5.41) is 0. The molecule has 0 aliphatic carbocycles. The lowest BCUT2D eigenvalue weighted by atomic mass is 10.3. The predicted molar refractivity (Wildman–Crippen MR) is 55.7 cm³/mol. The lowest BCUT2D eigenvalue weighted by Crippen LogP contribution is -2.02. The molecule has 0 saturated heterocycles. The summed E-state index contributed by atoms with van der Waals surface area (Å²) in [7, 11) is 1.32.